The van der Waals surface area contributed by atoms with E-state index in [0.717, 1.165) is 13.1 Å². The summed E-state index contributed by atoms with van der Waals surface area (Å²) in [6, 6.07) is 4.06. The summed E-state index contributed by atoms with van der Waals surface area (Å²) in [6.45, 7) is 6.00. The molecule has 0 atom stereocenters. The topological polar surface area (TPSA) is 95.2 Å². The van der Waals surface area contributed by atoms with Gasteiger partial charge in [-0.3, -0.25) is 0 Å². The minimum absolute atomic E-state index is 0.300. The van der Waals surface area contributed by atoms with Crippen molar-refractivity contribution >= 4 is 29.4 Å². The number of amides is 4. The lowest BCUT2D eigenvalue weighted by Gasteiger charge is -2.32. The van der Waals surface area contributed by atoms with Gasteiger partial charge in [-0.25, -0.2) is 20.4 Å². The van der Waals surface area contributed by atoms with E-state index < -0.39 is 6.03 Å². The van der Waals surface area contributed by atoms with Gasteiger partial charge in [0.05, 0.1) is 17.3 Å². The average Bonchev–Trinajstić information content (AvgIpc) is 2.65. The Morgan fingerprint density at radius 3 is 2.59 bits per heavy atom. The molecule has 0 aromatic heterocycles. The van der Waals surface area contributed by atoms with Crippen LogP contribution in [0.15, 0.2) is 18.2 Å². The third-order valence-corrected chi connectivity index (χ3v) is 4.26. The van der Waals surface area contributed by atoms with Gasteiger partial charge >= 0.3 is 12.1 Å². The van der Waals surface area contributed by atoms with Crippen molar-refractivity contribution in [2.45, 2.75) is 6.92 Å². The Morgan fingerprint density at radius 1 is 1.15 bits per heavy atom. The first-order chi connectivity index (χ1) is 13.0. The van der Waals surface area contributed by atoms with Crippen LogP contribution in [-0.4, -0.2) is 74.9 Å². The van der Waals surface area contributed by atoms with E-state index in [2.05, 4.69) is 21.1 Å². The molecule has 27 heavy (non-hydrogen) atoms. The number of hydrogen-bond acceptors (Lipinski definition) is 5. The molecule has 0 spiro atoms. The highest BCUT2D eigenvalue weighted by atomic mass is 35.5. The predicted octanol–water partition coefficient (Wildman–Crippen LogP) is 1.75. The van der Waals surface area contributed by atoms with Gasteiger partial charge in [-0.1, -0.05) is 17.7 Å². The van der Waals surface area contributed by atoms with Gasteiger partial charge in [0, 0.05) is 32.8 Å². The van der Waals surface area contributed by atoms with Crippen molar-refractivity contribution in [2.75, 3.05) is 58.4 Å². The maximum Gasteiger partial charge on any atom is 0.338 e. The number of halogens is 1. The average molecular weight is 400 g/mol. The lowest BCUT2D eigenvalue weighted by atomic mass is 10.3. The van der Waals surface area contributed by atoms with Crippen molar-refractivity contribution in [2.24, 2.45) is 0 Å². The maximum absolute atomic E-state index is 12.1. The Morgan fingerprint density at radius 2 is 1.89 bits per heavy atom. The number of nitrogens with zero attached hydrogens (tertiary/aromatic N) is 2. The van der Waals surface area contributed by atoms with Crippen molar-refractivity contribution in [1.29, 1.82) is 0 Å². The number of ether oxygens (including phenoxy) is 2. The normalized spacial score (nSPS) is 14.6. The van der Waals surface area contributed by atoms with Crippen LogP contribution in [0.1, 0.15) is 6.92 Å². The summed E-state index contributed by atoms with van der Waals surface area (Å²) in [6.07, 6.45) is 0. The first-order valence-corrected chi connectivity index (χ1v) is 9.18. The third-order valence-electron chi connectivity index (χ3n) is 3.97. The van der Waals surface area contributed by atoms with Gasteiger partial charge in [0.15, 0.2) is 5.75 Å². The van der Waals surface area contributed by atoms with E-state index in [9.17, 15) is 9.59 Å². The van der Waals surface area contributed by atoms with Crippen molar-refractivity contribution in [3.63, 3.8) is 0 Å². The number of piperazine rings is 1. The van der Waals surface area contributed by atoms with Gasteiger partial charge in [-0.15, -0.1) is 0 Å². The molecule has 9 nitrogen and oxygen atoms in total. The van der Waals surface area contributed by atoms with E-state index in [1.807, 2.05) is 14.0 Å². The molecule has 1 aliphatic heterocycles. The van der Waals surface area contributed by atoms with Crippen molar-refractivity contribution in [3.8, 4) is 5.75 Å². The quantitative estimate of drug-likeness (QED) is 0.500. The molecule has 3 N–H and O–H groups in total. The predicted molar refractivity (Wildman–Crippen MR) is 103 cm³/mol. The van der Waals surface area contributed by atoms with Crippen molar-refractivity contribution in [3.05, 3.63) is 23.2 Å². The molecule has 1 fully saturated rings. The summed E-state index contributed by atoms with van der Waals surface area (Å²) in [5, 5.41) is 2.98. The van der Waals surface area contributed by atoms with E-state index in [1.165, 1.54) is 0 Å². The highest BCUT2D eigenvalue weighted by molar-refractivity contribution is 6.32. The molecule has 1 heterocycles. The molecule has 10 heteroatoms. The molecule has 0 bridgehead atoms. The Bertz CT molecular complexity index is 638. The standard InChI is InChI=1S/C17H26ClN5O4/c1-3-26-11-12-27-15-13(18)5-4-6-14(15)19-16(24)20-21-17(25)23-9-7-22(2)8-10-23/h4-6H,3,7-12H2,1-2H3,(H,21,25)(H2,19,20,24). The Labute approximate surface area is 163 Å². The Kier molecular flexibility index (Phi) is 8.43. The maximum atomic E-state index is 12.1. The molecule has 0 unspecified atom stereocenters. The Balaban J connectivity index is 1.84. The lowest BCUT2D eigenvalue weighted by molar-refractivity contribution is 0.110. The van der Waals surface area contributed by atoms with Crippen LogP contribution >= 0.6 is 11.6 Å². The molecular formula is C17H26ClN5O4. The highest BCUT2D eigenvalue weighted by Crippen LogP contribution is 2.32. The van der Waals surface area contributed by atoms with Crippen LogP contribution in [0.3, 0.4) is 0 Å². The number of hydrogen-bond donors (Lipinski definition) is 3. The van der Waals surface area contributed by atoms with Crippen molar-refractivity contribution in [1.82, 2.24) is 20.7 Å². The summed E-state index contributed by atoms with van der Waals surface area (Å²) in [7, 11) is 2.00. The van der Waals surface area contributed by atoms with E-state index >= 15 is 0 Å². The number of hydrazine groups is 1. The smallest absolute Gasteiger partial charge is 0.338 e. The van der Waals surface area contributed by atoms with E-state index in [0.29, 0.717) is 49.4 Å². The van der Waals surface area contributed by atoms with Crippen LogP contribution in [0, 0.1) is 0 Å². The second-order valence-corrected chi connectivity index (χ2v) is 6.37. The zero-order chi connectivity index (χ0) is 19.6. The van der Waals surface area contributed by atoms with Crippen LogP contribution in [-0.2, 0) is 4.74 Å². The zero-order valence-corrected chi connectivity index (χ0v) is 16.3. The van der Waals surface area contributed by atoms with Crippen LogP contribution < -0.4 is 20.9 Å². The van der Waals surface area contributed by atoms with Gasteiger partial charge < -0.3 is 24.6 Å². The van der Waals surface area contributed by atoms with Crippen LogP contribution in [0.2, 0.25) is 5.02 Å². The van der Waals surface area contributed by atoms with Crippen molar-refractivity contribution < 1.29 is 19.1 Å². The SMILES string of the molecule is CCOCCOc1c(Cl)cccc1NC(=O)NNC(=O)N1CCN(C)CC1. The summed E-state index contributed by atoms with van der Waals surface area (Å²) >= 11 is 6.15. The highest BCUT2D eigenvalue weighted by Gasteiger charge is 2.19. The number of anilines is 1. The molecule has 150 valence electrons. The molecule has 1 aromatic carbocycles. The molecule has 1 saturated heterocycles. The van der Waals surface area contributed by atoms with Gasteiger partial charge in [0.25, 0.3) is 0 Å². The fourth-order valence-corrected chi connectivity index (χ4v) is 2.68. The third kappa shape index (κ3) is 6.78. The second kappa shape index (κ2) is 10.8. The van der Waals surface area contributed by atoms with Gasteiger partial charge in [-0.2, -0.15) is 0 Å². The largest absolute Gasteiger partial charge is 0.487 e. The number of carbonyl (C=O) groups is 2. The van der Waals surface area contributed by atoms with Crippen LogP contribution in [0.4, 0.5) is 15.3 Å². The minimum Gasteiger partial charge on any atom is -0.487 e. The first kappa shape index (κ1) is 21.1. The number of benzene rings is 1. The van der Waals surface area contributed by atoms with Crippen LogP contribution in [0.5, 0.6) is 5.75 Å². The van der Waals surface area contributed by atoms with Gasteiger partial charge in [0.2, 0.25) is 0 Å². The summed E-state index contributed by atoms with van der Waals surface area (Å²) in [5.41, 5.74) is 5.12. The molecule has 0 saturated carbocycles. The molecular weight excluding hydrogens is 374 g/mol. The Hall–Kier alpha value is -2.23. The minimum atomic E-state index is -0.602. The summed E-state index contributed by atoms with van der Waals surface area (Å²) in [5.74, 6) is 0.347. The number of rotatable bonds is 6. The number of urea groups is 2. The number of nitrogens with one attached hydrogen (secondary N) is 3. The van der Waals surface area contributed by atoms with E-state index in [1.54, 1.807) is 23.1 Å². The molecule has 4 amide bonds. The number of likely N-dealkylation sites (N-methyl/N-ethyl adjacent to an activating group) is 1. The second-order valence-electron chi connectivity index (χ2n) is 5.96. The summed E-state index contributed by atoms with van der Waals surface area (Å²) < 4.78 is 10.8. The molecule has 1 aliphatic rings. The fourth-order valence-electron chi connectivity index (χ4n) is 2.45. The zero-order valence-electron chi connectivity index (χ0n) is 15.6. The lowest BCUT2D eigenvalue weighted by Crippen LogP contribution is -2.55. The molecule has 2 rings (SSSR count). The molecule has 0 aliphatic carbocycles. The fraction of sp³-hybridized carbons (Fsp3) is 0.529. The van der Waals surface area contributed by atoms with E-state index in [4.69, 9.17) is 21.1 Å². The molecule has 1 aromatic rings. The van der Waals surface area contributed by atoms with E-state index in [-0.39, 0.29) is 6.03 Å². The van der Waals surface area contributed by atoms with Gasteiger partial charge in [-0.05, 0) is 26.1 Å². The summed E-state index contributed by atoms with van der Waals surface area (Å²) in [4.78, 5) is 28.0. The number of carbonyl (C=O) groups excluding carboxylic acids is 2. The first-order valence-electron chi connectivity index (χ1n) is 8.80. The number of para-hydroxylation sites is 1. The molecule has 0 radical (unpaired) electrons. The van der Waals surface area contributed by atoms with Crippen LogP contribution in [0.25, 0.3) is 0 Å². The monoisotopic (exact) mass is 399 g/mol. The van der Waals surface area contributed by atoms with Gasteiger partial charge in [0.1, 0.15) is 6.61 Å².